The van der Waals surface area contributed by atoms with Crippen molar-refractivity contribution >= 4 is 17.7 Å². The molecule has 16 heteroatoms. The molecule has 1 spiro atoms. The van der Waals surface area contributed by atoms with Gasteiger partial charge in [0.2, 0.25) is 17.9 Å². The quantitative estimate of drug-likeness (QED) is 0.193. The van der Waals surface area contributed by atoms with Crippen LogP contribution in [0.5, 0.6) is 5.88 Å². The molecule has 2 aliphatic rings. The first-order valence-corrected chi connectivity index (χ1v) is 15.5. The Morgan fingerprint density at radius 1 is 1.00 bits per heavy atom. The number of anilines is 2. The number of aryl methyl sites for hydroxylation is 2. The lowest BCUT2D eigenvalue weighted by Gasteiger charge is -2.39. The predicted molar refractivity (Wildman–Crippen MR) is 167 cm³/mol. The van der Waals surface area contributed by atoms with Crippen molar-refractivity contribution in [1.82, 2.24) is 25.1 Å². The van der Waals surface area contributed by atoms with Gasteiger partial charge in [-0.1, -0.05) is 30.3 Å². The molecular formula is C33H33F6N7O3. The van der Waals surface area contributed by atoms with Crippen LogP contribution in [-0.4, -0.2) is 62.7 Å². The Labute approximate surface area is 276 Å². The number of aromatic nitrogens is 4. The number of aliphatic carboxylic acids is 1. The van der Waals surface area contributed by atoms with Crippen LogP contribution < -0.4 is 20.7 Å². The fourth-order valence-corrected chi connectivity index (χ4v) is 6.44. The maximum Gasteiger partial charge on any atom is 0.435 e. The van der Waals surface area contributed by atoms with Crippen LogP contribution in [0.25, 0.3) is 16.8 Å². The normalized spacial score (nSPS) is 18.5. The maximum atomic E-state index is 14.8. The van der Waals surface area contributed by atoms with Crippen LogP contribution in [-0.2, 0) is 11.0 Å². The minimum atomic E-state index is -5.05. The average molecular weight is 690 g/mol. The van der Waals surface area contributed by atoms with E-state index in [-0.39, 0.29) is 22.9 Å². The molecule has 0 aliphatic carbocycles. The first-order chi connectivity index (χ1) is 23.0. The third-order valence-corrected chi connectivity index (χ3v) is 9.33. The zero-order valence-corrected chi connectivity index (χ0v) is 26.4. The van der Waals surface area contributed by atoms with E-state index in [1.807, 2.05) is 30.9 Å². The standard InChI is InChI=1S/C33H33F6N7O3/c1-18-3-4-20(13-19(18)2)21-5-6-22(24(14-21)46-10-7-25(44-46)32(34,35)36)28(33(37,38)39)49-27-15-26(42-30(40)43-27)45-11-8-31(9-12-45)16-23(29(47)48)41-17-31/h3-7,10,13-15,23,28,41H,8-9,11-12,16-17H2,1-2H3,(H,47,48)(H2,40,42,43)/t23-,28+/m0/s1. The summed E-state index contributed by atoms with van der Waals surface area (Å²) in [6.45, 7) is 5.19. The largest absolute Gasteiger partial charge is 0.480 e. The lowest BCUT2D eigenvalue weighted by molar-refractivity contribution is -0.198. The number of carbonyl (C=O) groups is 1. The molecule has 0 saturated carbocycles. The average Bonchev–Trinajstić information content (AvgIpc) is 3.69. The number of hydrogen-bond donors (Lipinski definition) is 3. The number of piperidine rings is 1. The van der Waals surface area contributed by atoms with Crippen molar-refractivity contribution in [1.29, 1.82) is 0 Å². The molecule has 0 unspecified atom stereocenters. The van der Waals surface area contributed by atoms with Gasteiger partial charge in [0.05, 0.1) is 5.69 Å². The number of alkyl halides is 6. The molecule has 2 aromatic carbocycles. The Hall–Kier alpha value is -4.86. The van der Waals surface area contributed by atoms with E-state index in [9.17, 15) is 36.2 Å². The summed E-state index contributed by atoms with van der Waals surface area (Å²) in [4.78, 5) is 21.4. The number of benzene rings is 2. The van der Waals surface area contributed by atoms with Gasteiger partial charge in [-0.15, -0.1) is 0 Å². The smallest absolute Gasteiger partial charge is 0.435 e. The molecule has 2 aliphatic heterocycles. The van der Waals surface area contributed by atoms with Gasteiger partial charge in [-0.25, -0.2) is 4.68 Å². The summed E-state index contributed by atoms with van der Waals surface area (Å²) in [5.74, 6) is -1.51. The molecule has 4 heterocycles. The predicted octanol–water partition coefficient (Wildman–Crippen LogP) is 6.26. The van der Waals surface area contributed by atoms with Crippen molar-refractivity contribution in [3.63, 3.8) is 0 Å². The fraction of sp³-hybridized carbons (Fsp3) is 0.394. The van der Waals surface area contributed by atoms with Gasteiger partial charge in [-0.3, -0.25) is 4.79 Å². The summed E-state index contributed by atoms with van der Waals surface area (Å²) in [6.07, 6.45) is -9.91. The van der Waals surface area contributed by atoms with E-state index < -0.39 is 47.6 Å². The first kappa shape index (κ1) is 34.0. The molecule has 49 heavy (non-hydrogen) atoms. The number of rotatable bonds is 7. The van der Waals surface area contributed by atoms with Gasteiger partial charge in [0.15, 0.2) is 5.69 Å². The second-order valence-electron chi connectivity index (χ2n) is 12.6. The molecule has 4 N–H and O–H groups in total. The summed E-state index contributed by atoms with van der Waals surface area (Å²) in [6, 6.07) is 10.7. The molecule has 2 atom stereocenters. The van der Waals surface area contributed by atoms with Crippen molar-refractivity contribution in [2.45, 2.75) is 57.6 Å². The van der Waals surface area contributed by atoms with Gasteiger partial charge in [0.1, 0.15) is 11.9 Å². The summed E-state index contributed by atoms with van der Waals surface area (Å²) < 4.78 is 91.3. The van der Waals surface area contributed by atoms with Crippen molar-refractivity contribution in [3.8, 4) is 22.7 Å². The molecule has 2 aromatic heterocycles. The highest BCUT2D eigenvalue weighted by atomic mass is 19.4. The number of nitrogen functional groups attached to an aromatic ring is 1. The topological polar surface area (TPSA) is 131 Å². The molecule has 10 nitrogen and oxygen atoms in total. The van der Waals surface area contributed by atoms with Gasteiger partial charge in [0.25, 0.3) is 0 Å². The van der Waals surface area contributed by atoms with Crippen LogP contribution in [0, 0.1) is 19.3 Å². The minimum Gasteiger partial charge on any atom is -0.480 e. The monoisotopic (exact) mass is 689 g/mol. The second kappa shape index (κ2) is 12.5. The van der Waals surface area contributed by atoms with Gasteiger partial charge >= 0.3 is 18.3 Å². The van der Waals surface area contributed by atoms with Gasteiger partial charge < -0.3 is 25.8 Å². The number of nitrogens with zero attached hydrogens (tertiary/aromatic N) is 5. The minimum absolute atomic E-state index is 0.225. The van der Waals surface area contributed by atoms with E-state index in [2.05, 4.69) is 20.4 Å². The lowest BCUT2D eigenvalue weighted by atomic mass is 9.76. The number of carboxylic acid groups (broad SMARTS) is 1. The van der Waals surface area contributed by atoms with Crippen LogP contribution in [0.2, 0.25) is 0 Å². The number of nitrogens with two attached hydrogens (primary N) is 1. The molecule has 0 radical (unpaired) electrons. The number of halogens is 6. The van der Waals surface area contributed by atoms with E-state index >= 15 is 0 Å². The van der Waals surface area contributed by atoms with Crippen LogP contribution in [0.1, 0.15) is 47.8 Å². The molecular weight excluding hydrogens is 656 g/mol. The second-order valence-corrected chi connectivity index (χ2v) is 12.6. The van der Waals surface area contributed by atoms with Crippen molar-refractivity contribution < 1.29 is 41.0 Å². The van der Waals surface area contributed by atoms with Crippen molar-refractivity contribution in [3.05, 3.63) is 77.1 Å². The fourth-order valence-electron chi connectivity index (χ4n) is 6.44. The van der Waals surface area contributed by atoms with E-state index in [1.165, 1.54) is 18.2 Å². The molecule has 260 valence electrons. The maximum absolute atomic E-state index is 14.8. The van der Waals surface area contributed by atoms with Gasteiger partial charge in [-0.05, 0) is 72.9 Å². The van der Waals surface area contributed by atoms with E-state index in [4.69, 9.17) is 10.5 Å². The highest BCUT2D eigenvalue weighted by Crippen LogP contribution is 2.43. The third kappa shape index (κ3) is 7.14. The first-order valence-electron chi connectivity index (χ1n) is 15.5. The SMILES string of the molecule is Cc1ccc(-c2ccc([C@@H](Oc3cc(N4CCC5(CC4)CN[C@H](C(=O)O)C5)nc(N)n3)C(F)(F)F)c(-n3ccc(C(F)(F)F)n3)c2)cc1C. The summed E-state index contributed by atoms with van der Waals surface area (Å²) in [5, 5.41) is 16.0. The van der Waals surface area contributed by atoms with E-state index in [1.54, 1.807) is 6.07 Å². The number of ether oxygens (including phenoxy) is 1. The molecule has 6 rings (SSSR count). The molecule has 0 amide bonds. The van der Waals surface area contributed by atoms with Gasteiger partial charge in [0, 0.05) is 37.5 Å². The summed E-state index contributed by atoms with van der Waals surface area (Å²) >= 11 is 0. The summed E-state index contributed by atoms with van der Waals surface area (Å²) in [7, 11) is 0. The van der Waals surface area contributed by atoms with Crippen LogP contribution in [0.4, 0.5) is 38.1 Å². The van der Waals surface area contributed by atoms with Gasteiger partial charge in [-0.2, -0.15) is 41.4 Å². The van der Waals surface area contributed by atoms with Crippen molar-refractivity contribution in [2.75, 3.05) is 30.3 Å². The van der Waals surface area contributed by atoms with E-state index in [0.717, 1.165) is 28.1 Å². The van der Waals surface area contributed by atoms with Crippen LogP contribution >= 0.6 is 0 Å². The Morgan fingerprint density at radius 3 is 2.31 bits per heavy atom. The van der Waals surface area contributed by atoms with E-state index in [0.29, 0.717) is 56.1 Å². The number of nitrogens with one attached hydrogen (secondary N) is 1. The molecule has 2 saturated heterocycles. The van der Waals surface area contributed by atoms with Crippen molar-refractivity contribution in [2.24, 2.45) is 5.41 Å². The van der Waals surface area contributed by atoms with Crippen LogP contribution in [0.3, 0.4) is 0 Å². The zero-order chi connectivity index (χ0) is 35.3. The Bertz CT molecular complexity index is 1870. The number of hydrogen-bond acceptors (Lipinski definition) is 8. The molecule has 0 bridgehead atoms. The Kier molecular flexibility index (Phi) is 8.71. The molecule has 4 aromatic rings. The Balaban J connectivity index is 1.34. The summed E-state index contributed by atoms with van der Waals surface area (Å²) in [5.41, 5.74) is 6.65. The third-order valence-electron chi connectivity index (χ3n) is 9.33. The highest BCUT2D eigenvalue weighted by Gasteiger charge is 2.46. The highest BCUT2D eigenvalue weighted by molar-refractivity contribution is 5.74. The number of carboxylic acids is 1. The zero-order valence-electron chi connectivity index (χ0n) is 26.4. The lowest BCUT2D eigenvalue weighted by Crippen LogP contribution is -2.41. The molecule has 2 fully saturated rings. The Morgan fingerprint density at radius 2 is 1.69 bits per heavy atom. The van der Waals surface area contributed by atoms with Crippen LogP contribution in [0.15, 0.2) is 54.7 Å².